The summed E-state index contributed by atoms with van der Waals surface area (Å²) in [5.41, 5.74) is 0. The van der Waals surface area contributed by atoms with Gasteiger partial charge < -0.3 is 20.1 Å². The molecule has 2 N–H and O–H groups in total. The topological polar surface area (TPSA) is 75.1 Å². The van der Waals surface area contributed by atoms with Gasteiger partial charge in [-0.3, -0.25) is 0 Å². The first-order valence-electron chi connectivity index (χ1n) is 7.36. The van der Waals surface area contributed by atoms with Crippen LogP contribution < -0.4 is 10.6 Å². The number of likely N-dealkylation sites (N-methyl/N-ethyl adjacent to an activating group) is 1. The number of amides is 2. The molecule has 0 saturated carbocycles. The van der Waals surface area contributed by atoms with E-state index in [4.69, 9.17) is 0 Å². The van der Waals surface area contributed by atoms with Gasteiger partial charge >= 0.3 is 6.03 Å². The number of aromatic nitrogens is 3. The zero-order chi connectivity index (χ0) is 16.0. The van der Waals surface area contributed by atoms with Gasteiger partial charge in [0.1, 0.15) is 6.33 Å². The van der Waals surface area contributed by atoms with Gasteiger partial charge in [-0.25, -0.2) is 4.79 Å². The smallest absolute Gasteiger partial charge is 0.315 e. The van der Waals surface area contributed by atoms with Crippen LogP contribution in [0.3, 0.4) is 0 Å². The van der Waals surface area contributed by atoms with Crippen molar-refractivity contribution in [1.82, 2.24) is 30.3 Å². The first-order valence-corrected chi connectivity index (χ1v) is 7.36. The van der Waals surface area contributed by atoms with E-state index < -0.39 is 0 Å². The van der Waals surface area contributed by atoms with Gasteiger partial charge in [0.15, 0.2) is 5.82 Å². The highest BCUT2D eigenvalue weighted by molar-refractivity contribution is 5.74. The minimum absolute atomic E-state index is 0.180. The van der Waals surface area contributed by atoms with Crippen LogP contribution in [0.25, 0.3) is 0 Å². The number of aryl methyl sites for hydroxylation is 1. The number of hydrogen-bond acceptors (Lipinski definition) is 4. The number of hydrogen-bond donors (Lipinski definition) is 2. The van der Waals surface area contributed by atoms with E-state index in [9.17, 15) is 4.79 Å². The standard InChI is InChI=1S/C14H28N6O/c1-10(2)7-12(19(4)5)8-15-14(21)17-11(3)13-18-16-9-20(13)6/h9-12H,7-8H2,1-6H3,(H2,15,17,21)/t11-,12+/m0/s1. The lowest BCUT2D eigenvalue weighted by molar-refractivity contribution is 0.221. The third kappa shape index (κ3) is 5.71. The van der Waals surface area contributed by atoms with Crippen molar-refractivity contribution in [2.45, 2.75) is 39.3 Å². The van der Waals surface area contributed by atoms with Crippen LogP contribution in [0.2, 0.25) is 0 Å². The second kappa shape index (κ2) is 7.97. The molecule has 0 bridgehead atoms. The summed E-state index contributed by atoms with van der Waals surface area (Å²) in [5, 5.41) is 13.6. The summed E-state index contributed by atoms with van der Waals surface area (Å²) in [7, 11) is 5.93. The first kappa shape index (κ1) is 17.4. The third-order valence-corrected chi connectivity index (χ3v) is 3.45. The molecule has 0 saturated heterocycles. The van der Waals surface area contributed by atoms with Crippen LogP contribution >= 0.6 is 0 Å². The van der Waals surface area contributed by atoms with Crippen LogP contribution in [0, 0.1) is 5.92 Å². The average Bonchev–Trinajstić information content (AvgIpc) is 2.80. The zero-order valence-electron chi connectivity index (χ0n) is 13.9. The summed E-state index contributed by atoms with van der Waals surface area (Å²) >= 11 is 0. The van der Waals surface area contributed by atoms with E-state index >= 15 is 0 Å². The van der Waals surface area contributed by atoms with Gasteiger partial charge in [-0.05, 0) is 33.4 Å². The van der Waals surface area contributed by atoms with Crippen molar-refractivity contribution in [2.24, 2.45) is 13.0 Å². The van der Waals surface area contributed by atoms with Crippen molar-refractivity contribution >= 4 is 6.03 Å². The van der Waals surface area contributed by atoms with Crippen molar-refractivity contribution in [3.8, 4) is 0 Å². The van der Waals surface area contributed by atoms with Gasteiger partial charge in [0, 0.05) is 19.6 Å². The molecule has 0 spiro atoms. The summed E-state index contributed by atoms with van der Waals surface area (Å²) in [6, 6.07) is -0.0256. The summed E-state index contributed by atoms with van der Waals surface area (Å²) in [6.45, 7) is 6.89. The predicted octanol–water partition coefficient (Wildman–Crippen LogP) is 1.15. The van der Waals surface area contributed by atoms with E-state index in [0.29, 0.717) is 18.5 Å². The number of carbonyl (C=O) groups is 1. The maximum absolute atomic E-state index is 12.0. The quantitative estimate of drug-likeness (QED) is 0.791. The second-order valence-corrected chi connectivity index (χ2v) is 6.12. The minimum Gasteiger partial charge on any atom is -0.337 e. The highest BCUT2D eigenvalue weighted by Gasteiger charge is 2.17. The van der Waals surface area contributed by atoms with Gasteiger partial charge in [-0.2, -0.15) is 0 Å². The first-order chi connectivity index (χ1) is 9.81. The minimum atomic E-state index is -0.180. The molecular weight excluding hydrogens is 268 g/mol. The number of nitrogens with zero attached hydrogens (tertiary/aromatic N) is 4. The van der Waals surface area contributed by atoms with Gasteiger partial charge in [-0.1, -0.05) is 13.8 Å². The normalized spacial score (nSPS) is 14.3. The summed E-state index contributed by atoms with van der Waals surface area (Å²) in [4.78, 5) is 14.1. The molecule has 0 aliphatic rings. The van der Waals surface area contributed by atoms with Crippen molar-refractivity contribution in [3.05, 3.63) is 12.2 Å². The van der Waals surface area contributed by atoms with E-state index in [-0.39, 0.29) is 12.1 Å². The van der Waals surface area contributed by atoms with Crippen LogP contribution in [0.5, 0.6) is 0 Å². The molecule has 0 radical (unpaired) electrons. The molecule has 21 heavy (non-hydrogen) atoms. The molecule has 1 rings (SSSR count). The van der Waals surface area contributed by atoms with Crippen LogP contribution in [0.4, 0.5) is 4.79 Å². The van der Waals surface area contributed by atoms with Crippen LogP contribution in [0.1, 0.15) is 39.1 Å². The van der Waals surface area contributed by atoms with Crippen molar-refractivity contribution in [2.75, 3.05) is 20.6 Å². The Labute approximate surface area is 127 Å². The lowest BCUT2D eigenvalue weighted by Gasteiger charge is -2.26. The Morgan fingerprint density at radius 1 is 1.38 bits per heavy atom. The summed E-state index contributed by atoms with van der Waals surface area (Å²) in [6.07, 6.45) is 2.67. The molecule has 1 aromatic rings. The Morgan fingerprint density at radius 2 is 2.05 bits per heavy atom. The van der Waals surface area contributed by atoms with E-state index in [1.54, 1.807) is 10.9 Å². The van der Waals surface area contributed by atoms with Gasteiger partial charge in [0.25, 0.3) is 0 Å². The molecule has 120 valence electrons. The SMILES string of the molecule is CC(C)C[C@H](CNC(=O)N[C@@H](C)c1nncn1C)N(C)C. The number of carbonyl (C=O) groups excluding carboxylic acids is 1. The van der Waals surface area contributed by atoms with Crippen molar-refractivity contribution in [3.63, 3.8) is 0 Å². The zero-order valence-corrected chi connectivity index (χ0v) is 13.9. The predicted molar refractivity (Wildman–Crippen MR) is 82.9 cm³/mol. The van der Waals surface area contributed by atoms with E-state index in [2.05, 4.69) is 39.6 Å². The third-order valence-electron chi connectivity index (χ3n) is 3.45. The van der Waals surface area contributed by atoms with Gasteiger partial charge in [-0.15, -0.1) is 10.2 Å². The molecule has 2 amide bonds. The van der Waals surface area contributed by atoms with Crippen molar-refractivity contribution < 1.29 is 4.79 Å². The molecule has 2 atom stereocenters. The Balaban J connectivity index is 2.44. The summed E-state index contributed by atoms with van der Waals surface area (Å²) < 4.78 is 1.80. The highest BCUT2D eigenvalue weighted by atomic mass is 16.2. The second-order valence-electron chi connectivity index (χ2n) is 6.12. The van der Waals surface area contributed by atoms with Gasteiger partial charge in [0.2, 0.25) is 0 Å². The lowest BCUT2D eigenvalue weighted by atomic mass is 10.0. The fourth-order valence-corrected chi connectivity index (χ4v) is 2.23. The molecule has 0 unspecified atom stereocenters. The molecule has 1 aromatic heterocycles. The van der Waals surface area contributed by atoms with Gasteiger partial charge in [0.05, 0.1) is 6.04 Å². The number of urea groups is 1. The van der Waals surface area contributed by atoms with Crippen LogP contribution in [-0.2, 0) is 7.05 Å². The molecule has 7 nitrogen and oxygen atoms in total. The monoisotopic (exact) mass is 296 g/mol. The maximum Gasteiger partial charge on any atom is 0.315 e. The Hall–Kier alpha value is -1.63. The van der Waals surface area contributed by atoms with Crippen LogP contribution in [-0.4, -0.2) is 52.4 Å². The number of rotatable bonds is 7. The largest absolute Gasteiger partial charge is 0.337 e. The molecule has 0 aliphatic heterocycles. The van der Waals surface area contributed by atoms with E-state index in [1.165, 1.54) is 0 Å². The molecular formula is C14H28N6O. The Bertz CT molecular complexity index is 442. The summed E-state index contributed by atoms with van der Waals surface area (Å²) in [5.74, 6) is 1.33. The van der Waals surface area contributed by atoms with E-state index in [1.807, 2.05) is 28.1 Å². The molecule has 7 heteroatoms. The Morgan fingerprint density at radius 3 is 2.52 bits per heavy atom. The van der Waals surface area contributed by atoms with Crippen molar-refractivity contribution in [1.29, 1.82) is 0 Å². The maximum atomic E-state index is 12.0. The van der Waals surface area contributed by atoms with E-state index in [0.717, 1.165) is 12.2 Å². The number of nitrogens with one attached hydrogen (secondary N) is 2. The molecule has 0 aromatic carbocycles. The van der Waals surface area contributed by atoms with Crippen LogP contribution in [0.15, 0.2) is 6.33 Å². The fraction of sp³-hybridized carbons (Fsp3) is 0.786. The molecule has 1 heterocycles. The fourth-order valence-electron chi connectivity index (χ4n) is 2.23. The average molecular weight is 296 g/mol. The Kier molecular flexibility index (Phi) is 6.61. The highest BCUT2D eigenvalue weighted by Crippen LogP contribution is 2.09. The molecule has 0 aliphatic carbocycles. The lowest BCUT2D eigenvalue weighted by Crippen LogP contribution is -2.45. The molecule has 0 fully saturated rings.